The van der Waals surface area contributed by atoms with Gasteiger partial charge in [-0.2, -0.15) is 4.31 Å². The number of carbonyl (C=O) groups is 3. The first-order valence-corrected chi connectivity index (χ1v) is 11.3. The quantitative estimate of drug-likeness (QED) is 0.690. The molecule has 1 unspecified atom stereocenters. The molecule has 1 aliphatic rings. The van der Waals surface area contributed by atoms with E-state index in [9.17, 15) is 27.2 Å². The Morgan fingerprint density at radius 3 is 2.12 bits per heavy atom. The van der Waals surface area contributed by atoms with Crippen LogP contribution in [0.4, 0.5) is 15.8 Å². The van der Waals surface area contributed by atoms with E-state index in [1.165, 1.54) is 43.3 Å². The minimum Gasteiger partial charge on any atom is -0.326 e. The highest BCUT2D eigenvalue weighted by Gasteiger charge is 2.50. The van der Waals surface area contributed by atoms with Crippen LogP contribution in [0, 0.1) is 5.82 Å². The first-order chi connectivity index (χ1) is 14.8. The zero-order chi connectivity index (χ0) is 23.8. The first kappa shape index (κ1) is 23.6. The van der Waals surface area contributed by atoms with Crippen LogP contribution in [0.5, 0.6) is 0 Å². The van der Waals surface area contributed by atoms with Gasteiger partial charge < -0.3 is 5.32 Å². The summed E-state index contributed by atoms with van der Waals surface area (Å²) in [6.07, 6.45) is -0.337. The van der Waals surface area contributed by atoms with Crippen molar-refractivity contribution in [1.82, 2.24) is 4.31 Å². The molecule has 0 aromatic heterocycles. The third-order valence-corrected chi connectivity index (χ3v) is 7.07. The standard InChI is InChI=1S/C22H24FN3O5S/c1-14(27)24-16-7-11-18(12-8-16)32(30,31)26(22(2,3)4)19-13-20(28)25(21(19)29)17-9-5-15(23)6-10-17/h5-12,19H,13H2,1-4H3,(H,24,27). The Balaban J connectivity index is 1.99. The van der Waals surface area contributed by atoms with Gasteiger partial charge in [0.2, 0.25) is 21.8 Å². The summed E-state index contributed by atoms with van der Waals surface area (Å²) in [6, 6.07) is 9.14. The molecule has 10 heteroatoms. The number of hydrogen-bond acceptors (Lipinski definition) is 5. The third-order valence-electron chi connectivity index (χ3n) is 4.88. The van der Waals surface area contributed by atoms with Crippen LogP contribution in [-0.4, -0.2) is 42.0 Å². The minimum absolute atomic E-state index is 0.0815. The second-order valence-corrected chi connectivity index (χ2v) is 10.3. The largest absolute Gasteiger partial charge is 0.326 e. The molecule has 3 amide bonds. The molecule has 8 nitrogen and oxygen atoms in total. The van der Waals surface area contributed by atoms with Crippen molar-refractivity contribution in [2.45, 2.75) is 50.6 Å². The molecule has 0 saturated carbocycles. The number of carbonyl (C=O) groups excluding carboxylic acids is 3. The van der Waals surface area contributed by atoms with Crippen LogP contribution in [0.15, 0.2) is 53.4 Å². The molecule has 1 heterocycles. The normalized spacial score (nSPS) is 17.2. The van der Waals surface area contributed by atoms with Crippen LogP contribution in [0.2, 0.25) is 0 Å². The van der Waals surface area contributed by atoms with Gasteiger partial charge in [-0.25, -0.2) is 17.7 Å². The van der Waals surface area contributed by atoms with E-state index in [0.717, 1.165) is 21.3 Å². The van der Waals surface area contributed by atoms with E-state index in [-0.39, 0.29) is 22.9 Å². The highest BCUT2D eigenvalue weighted by atomic mass is 32.2. The smallest absolute Gasteiger partial charge is 0.252 e. The van der Waals surface area contributed by atoms with Crippen molar-refractivity contribution in [3.05, 3.63) is 54.3 Å². The molecule has 0 aliphatic carbocycles. The van der Waals surface area contributed by atoms with Gasteiger partial charge >= 0.3 is 0 Å². The molecular weight excluding hydrogens is 437 g/mol. The second kappa shape index (κ2) is 8.44. The molecule has 3 rings (SSSR count). The lowest BCUT2D eigenvalue weighted by Gasteiger charge is -2.37. The van der Waals surface area contributed by atoms with E-state index in [2.05, 4.69) is 5.32 Å². The van der Waals surface area contributed by atoms with Gasteiger partial charge in [-0.05, 0) is 69.3 Å². The van der Waals surface area contributed by atoms with E-state index in [0.29, 0.717) is 5.69 Å². The van der Waals surface area contributed by atoms with Crippen LogP contribution < -0.4 is 10.2 Å². The minimum atomic E-state index is -4.20. The number of sulfonamides is 1. The number of hydrogen-bond donors (Lipinski definition) is 1. The van der Waals surface area contributed by atoms with Crippen molar-refractivity contribution in [1.29, 1.82) is 0 Å². The van der Waals surface area contributed by atoms with Crippen molar-refractivity contribution < 1.29 is 27.2 Å². The van der Waals surface area contributed by atoms with Gasteiger partial charge in [0.15, 0.2) is 0 Å². The Morgan fingerprint density at radius 2 is 1.62 bits per heavy atom. The first-order valence-electron chi connectivity index (χ1n) is 9.87. The van der Waals surface area contributed by atoms with Crippen LogP contribution in [0.3, 0.4) is 0 Å². The molecule has 0 bridgehead atoms. The van der Waals surface area contributed by atoms with Gasteiger partial charge in [-0.3, -0.25) is 14.4 Å². The topological polar surface area (TPSA) is 104 Å². The van der Waals surface area contributed by atoms with E-state index in [1.54, 1.807) is 20.8 Å². The zero-order valence-corrected chi connectivity index (χ0v) is 18.9. The molecule has 1 saturated heterocycles. The van der Waals surface area contributed by atoms with Gasteiger partial charge in [-0.1, -0.05) is 0 Å². The molecule has 2 aromatic carbocycles. The lowest BCUT2D eigenvalue weighted by atomic mass is 10.1. The summed E-state index contributed by atoms with van der Waals surface area (Å²) in [4.78, 5) is 37.9. The number of imide groups is 1. The second-order valence-electron chi connectivity index (χ2n) is 8.44. The fourth-order valence-corrected chi connectivity index (χ4v) is 5.61. The summed E-state index contributed by atoms with van der Waals surface area (Å²) in [5.74, 6) is -2.09. The molecule has 1 N–H and O–H groups in total. The van der Waals surface area contributed by atoms with Gasteiger partial charge in [0, 0.05) is 18.2 Å². The highest BCUT2D eigenvalue weighted by molar-refractivity contribution is 7.89. The summed E-state index contributed by atoms with van der Waals surface area (Å²) in [5.41, 5.74) is -0.433. The summed E-state index contributed by atoms with van der Waals surface area (Å²) >= 11 is 0. The molecular formula is C22H24FN3O5S. The summed E-state index contributed by atoms with van der Waals surface area (Å²) < 4.78 is 41.4. The molecule has 170 valence electrons. The maximum Gasteiger partial charge on any atom is 0.252 e. The van der Waals surface area contributed by atoms with Crippen LogP contribution in [0.25, 0.3) is 0 Å². The predicted molar refractivity (Wildman–Crippen MR) is 117 cm³/mol. The number of halogens is 1. The summed E-state index contributed by atoms with van der Waals surface area (Å²) in [6.45, 7) is 6.24. The maximum atomic E-state index is 13.5. The fourth-order valence-electron chi connectivity index (χ4n) is 3.68. The van der Waals surface area contributed by atoms with Crippen LogP contribution in [0.1, 0.15) is 34.1 Å². The molecule has 0 radical (unpaired) electrons. The lowest BCUT2D eigenvalue weighted by Crippen LogP contribution is -2.54. The predicted octanol–water partition coefficient (Wildman–Crippen LogP) is 2.91. The Labute approximate surface area is 186 Å². The van der Waals surface area contributed by atoms with E-state index >= 15 is 0 Å². The number of nitrogens with one attached hydrogen (secondary N) is 1. The number of rotatable bonds is 5. The molecule has 2 aromatic rings. The summed E-state index contributed by atoms with van der Waals surface area (Å²) in [5, 5.41) is 2.56. The number of benzene rings is 2. The fraction of sp³-hybridized carbons (Fsp3) is 0.318. The monoisotopic (exact) mass is 461 g/mol. The van der Waals surface area contributed by atoms with Crippen molar-refractivity contribution in [3.63, 3.8) is 0 Å². The Kier molecular flexibility index (Phi) is 6.21. The van der Waals surface area contributed by atoms with E-state index < -0.39 is 39.2 Å². The van der Waals surface area contributed by atoms with Crippen LogP contribution in [-0.2, 0) is 24.4 Å². The Morgan fingerprint density at radius 1 is 1.06 bits per heavy atom. The lowest BCUT2D eigenvalue weighted by molar-refractivity contribution is -0.122. The van der Waals surface area contributed by atoms with Gasteiger partial charge in [-0.15, -0.1) is 0 Å². The van der Waals surface area contributed by atoms with E-state index in [1.807, 2.05) is 0 Å². The van der Waals surface area contributed by atoms with Gasteiger partial charge in [0.05, 0.1) is 17.0 Å². The average Bonchev–Trinajstić information content (AvgIpc) is 2.95. The van der Waals surface area contributed by atoms with Crippen molar-refractivity contribution in [2.24, 2.45) is 0 Å². The maximum absolute atomic E-state index is 13.5. The number of nitrogens with zero attached hydrogens (tertiary/aromatic N) is 2. The molecule has 32 heavy (non-hydrogen) atoms. The molecule has 1 fully saturated rings. The van der Waals surface area contributed by atoms with Crippen molar-refractivity contribution >= 4 is 39.1 Å². The van der Waals surface area contributed by atoms with E-state index in [4.69, 9.17) is 0 Å². The summed E-state index contributed by atoms with van der Waals surface area (Å²) in [7, 11) is -4.20. The SMILES string of the molecule is CC(=O)Nc1ccc(S(=O)(=O)N(C2CC(=O)N(c3ccc(F)cc3)C2=O)C(C)(C)C)cc1. The van der Waals surface area contributed by atoms with Crippen molar-refractivity contribution in [2.75, 3.05) is 10.2 Å². The molecule has 1 atom stereocenters. The highest BCUT2D eigenvalue weighted by Crippen LogP contribution is 2.34. The van der Waals surface area contributed by atoms with Crippen LogP contribution >= 0.6 is 0 Å². The zero-order valence-electron chi connectivity index (χ0n) is 18.1. The third kappa shape index (κ3) is 4.56. The van der Waals surface area contributed by atoms with Gasteiger partial charge in [0.1, 0.15) is 11.9 Å². The average molecular weight is 462 g/mol. The Hall–Kier alpha value is -3.11. The number of amides is 3. The Bertz CT molecular complexity index is 1160. The molecule has 1 aliphatic heterocycles. The van der Waals surface area contributed by atoms with Crippen molar-refractivity contribution in [3.8, 4) is 0 Å². The number of anilines is 2. The molecule has 0 spiro atoms. The van der Waals surface area contributed by atoms with Gasteiger partial charge in [0.25, 0.3) is 5.91 Å².